The number of ketones is 1. The number of pyridine rings is 1. The minimum atomic E-state index is -3.82. The lowest BCUT2D eigenvalue weighted by Crippen LogP contribution is -2.23. The van der Waals surface area contributed by atoms with Crippen LogP contribution >= 0.6 is 11.6 Å². The highest BCUT2D eigenvalue weighted by atomic mass is 35.5. The molecule has 0 saturated heterocycles. The fraction of sp³-hybridized carbons (Fsp3) is 0.167. The molecule has 1 aromatic carbocycles. The minimum Gasteiger partial charge on any atom is -0.291 e. The first-order valence-corrected chi connectivity index (χ1v) is 5.29. The van der Waals surface area contributed by atoms with Crippen LogP contribution in [0.5, 0.6) is 0 Å². The van der Waals surface area contributed by atoms with Crippen LogP contribution in [0.3, 0.4) is 0 Å². The molecule has 0 bridgehead atoms. The Kier molecular flexibility index (Phi) is 3.07. The van der Waals surface area contributed by atoms with Gasteiger partial charge in [0, 0.05) is 18.0 Å². The molecular weight excluding hydrogens is 248 g/mol. The number of hydrogen-bond acceptors (Lipinski definition) is 2. The Hall–Kier alpha value is -1.55. The average molecular weight is 256 g/mol. The second-order valence-electron chi connectivity index (χ2n) is 3.58. The number of carbonyl (C=O) groups excluding carboxylic acids is 1. The number of alkyl halides is 3. The molecule has 0 aliphatic rings. The Labute approximate surface area is 101 Å². The molecule has 0 aliphatic carbocycles. The fourth-order valence-electron chi connectivity index (χ4n) is 1.58. The molecule has 17 heavy (non-hydrogen) atoms. The summed E-state index contributed by atoms with van der Waals surface area (Å²) in [6.45, 7) is 0. The van der Waals surface area contributed by atoms with Crippen molar-refractivity contribution in [2.45, 2.75) is 11.8 Å². The van der Waals surface area contributed by atoms with Crippen LogP contribution in [-0.4, -0.2) is 16.1 Å². The topological polar surface area (TPSA) is 30.0 Å². The number of Topliss-reactive ketones (excluding diaryl/α,β-unsaturated/α-hetero) is 1. The van der Waals surface area contributed by atoms with Crippen LogP contribution in [0.1, 0.15) is 5.56 Å². The number of carbonyl (C=O) groups is 1. The molecule has 1 heterocycles. The zero-order chi connectivity index (χ0) is 12.5. The Morgan fingerprint density at radius 1 is 1.29 bits per heavy atom. The molecule has 1 aromatic heterocycles. The lowest BCUT2D eigenvalue weighted by molar-refractivity contribution is -0.132. The Balaban J connectivity index is 2.40. The van der Waals surface area contributed by atoms with Crippen molar-refractivity contribution >= 4 is 28.3 Å². The van der Waals surface area contributed by atoms with Crippen LogP contribution < -0.4 is 0 Å². The van der Waals surface area contributed by atoms with Crippen molar-refractivity contribution in [3.8, 4) is 0 Å². The van der Waals surface area contributed by atoms with Gasteiger partial charge in [-0.25, -0.2) is 0 Å². The number of nitrogens with zero attached hydrogens (tertiary/aromatic N) is 1. The van der Waals surface area contributed by atoms with Gasteiger partial charge < -0.3 is 0 Å². The maximum Gasteiger partial charge on any atom is 0.380 e. The number of fused-ring (bicyclic) bond motifs is 1. The zero-order valence-electron chi connectivity index (χ0n) is 8.66. The van der Waals surface area contributed by atoms with E-state index in [4.69, 9.17) is 0 Å². The first kappa shape index (κ1) is 11.9. The van der Waals surface area contributed by atoms with Gasteiger partial charge >= 0.3 is 5.38 Å². The first-order chi connectivity index (χ1) is 7.98. The molecular formula is C12H8ClF2NO. The van der Waals surface area contributed by atoms with E-state index in [9.17, 15) is 13.6 Å². The van der Waals surface area contributed by atoms with Gasteiger partial charge in [-0.3, -0.25) is 9.78 Å². The Bertz CT molecular complexity index is 560. The normalized spacial score (nSPS) is 11.7. The number of benzene rings is 1. The van der Waals surface area contributed by atoms with Crippen molar-refractivity contribution in [2.75, 3.05) is 0 Å². The summed E-state index contributed by atoms with van der Waals surface area (Å²) in [7, 11) is 0. The Morgan fingerprint density at radius 3 is 2.71 bits per heavy atom. The number of halogens is 3. The van der Waals surface area contributed by atoms with Gasteiger partial charge in [0.25, 0.3) is 0 Å². The lowest BCUT2D eigenvalue weighted by Gasteiger charge is -2.08. The van der Waals surface area contributed by atoms with E-state index in [0.717, 1.165) is 0 Å². The third kappa shape index (κ3) is 2.58. The summed E-state index contributed by atoms with van der Waals surface area (Å²) in [4.78, 5) is 15.3. The van der Waals surface area contributed by atoms with Gasteiger partial charge in [-0.15, -0.1) is 0 Å². The van der Waals surface area contributed by atoms with E-state index in [2.05, 4.69) is 16.6 Å². The quantitative estimate of drug-likeness (QED) is 0.789. The third-order valence-corrected chi connectivity index (χ3v) is 2.62. The molecule has 0 amide bonds. The molecule has 0 fully saturated rings. The highest BCUT2D eigenvalue weighted by molar-refractivity contribution is 6.32. The number of rotatable bonds is 3. The second kappa shape index (κ2) is 4.37. The molecule has 0 unspecified atom stereocenters. The zero-order valence-corrected chi connectivity index (χ0v) is 9.42. The molecule has 0 radical (unpaired) electrons. The maximum atomic E-state index is 12.6. The third-order valence-electron chi connectivity index (χ3n) is 2.41. The molecule has 0 spiro atoms. The molecule has 0 saturated carbocycles. The predicted octanol–water partition coefficient (Wildman–Crippen LogP) is 3.18. The van der Waals surface area contributed by atoms with E-state index in [1.807, 2.05) is 0 Å². The van der Waals surface area contributed by atoms with Crippen molar-refractivity contribution in [1.29, 1.82) is 0 Å². The van der Waals surface area contributed by atoms with Gasteiger partial charge in [0.05, 0.1) is 5.52 Å². The van der Waals surface area contributed by atoms with Crippen molar-refractivity contribution in [2.24, 2.45) is 0 Å². The summed E-state index contributed by atoms with van der Waals surface area (Å²) in [5.41, 5.74) is 1.16. The average Bonchev–Trinajstić information content (AvgIpc) is 2.28. The van der Waals surface area contributed by atoms with Gasteiger partial charge in [0.1, 0.15) is 0 Å². The van der Waals surface area contributed by atoms with Crippen LogP contribution in [0, 0.1) is 0 Å². The van der Waals surface area contributed by atoms with Crippen LogP contribution in [0.2, 0.25) is 0 Å². The standard InChI is InChI=1S/C12H8ClF2NO/c13-12(14,15)11(17)7-8-5-6-16-10-4-2-1-3-9(8)10/h1-6H,7H2. The molecule has 0 N–H and O–H groups in total. The van der Waals surface area contributed by atoms with E-state index < -0.39 is 17.6 Å². The van der Waals surface area contributed by atoms with Crippen LogP contribution in [0.25, 0.3) is 10.9 Å². The van der Waals surface area contributed by atoms with Gasteiger partial charge in [-0.1, -0.05) is 18.2 Å². The lowest BCUT2D eigenvalue weighted by atomic mass is 10.0. The van der Waals surface area contributed by atoms with Crippen molar-refractivity contribution < 1.29 is 13.6 Å². The van der Waals surface area contributed by atoms with E-state index >= 15 is 0 Å². The van der Waals surface area contributed by atoms with Crippen molar-refractivity contribution in [1.82, 2.24) is 4.98 Å². The van der Waals surface area contributed by atoms with E-state index in [1.54, 1.807) is 30.3 Å². The second-order valence-corrected chi connectivity index (χ2v) is 4.06. The summed E-state index contributed by atoms with van der Waals surface area (Å²) in [5.74, 6) is -1.31. The van der Waals surface area contributed by atoms with Gasteiger partial charge in [0.2, 0.25) is 5.78 Å². The van der Waals surface area contributed by atoms with Crippen molar-refractivity contribution in [3.63, 3.8) is 0 Å². The molecule has 2 rings (SSSR count). The largest absolute Gasteiger partial charge is 0.380 e. The summed E-state index contributed by atoms with van der Waals surface area (Å²) < 4.78 is 25.2. The molecule has 2 nitrogen and oxygen atoms in total. The maximum absolute atomic E-state index is 12.6. The SMILES string of the molecule is O=C(Cc1ccnc2ccccc12)C(F)(F)Cl. The fourth-order valence-corrected chi connectivity index (χ4v) is 1.65. The predicted molar refractivity (Wildman–Crippen MR) is 61.3 cm³/mol. The van der Waals surface area contributed by atoms with Gasteiger partial charge in [0.15, 0.2) is 0 Å². The summed E-state index contributed by atoms with van der Waals surface area (Å²) in [5, 5.41) is -3.13. The highest BCUT2D eigenvalue weighted by Crippen LogP contribution is 2.24. The molecule has 0 atom stereocenters. The van der Waals surface area contributed by atoms with Crippen LogP contribution in [-0.2, 0) is 11.2 Å². The van der Waals surface area contributed by atoms with E-state index in [0.29, 0.717) is 16.5 Å². The Morgan fingerprint density at radius 2 is 2.00 bits per heavy atom. The van der Waals surface area contributed by atoms with Crippen molar-refractivity contribution in [3.05, 3.63) is 42.1 Å². The molecule has 2 aromatic rings. The summed E-state index contributed by atoms with van der Waals surface area (Å²) in [6.07, 6.45) is 1.08. The highest BCUT2D eigenvalue weighted by Gasteiger charge is 2.35. The molecule has 5 heteroatoms. The van der Waals surface area contributed by atoms with Gasteiger partial charge in [-0.05, 0) is 29.3 Å². The first-order valence-electron chi connectivity index (χ1n) is 4.91. The van der Waals surface area contributed by atoms with Gasteiger partial charge in [-0.2, -0.15) is 8.78 Å². The van der Waals surface area contributed by atoms with Crippen LogP contribution in [0.15, 0.2) is 36.5 Å². The minimum absolute atomic E-state index is 0.403. The summed E-state index contributed by atoms with van der Waals surface area (Å²) in [6, 6.07) is 8.58. The number of hydrogen-bond donors (Lipinski definition) is 0. The van der Waals surface area contributed by atoms with E-state index in [-0.39, 0.29) is 0 Å². The monoisotopic (exact) mass is 255 g/mol. The summed E-state index contributed by atoms with van der Waals surface area (Å²) >= 11 is 4.69. The van der Waals surface area contributed by atoms with Crippen LogP contribution in [0.4, 0.5) is 8.78 Å². The molecule has 88 valence electrons. The van der Waals surface area contributed by atoms with E-state index in [1.165, 1.54) is 6.20 Å². The number of para-hydroxylation sites is 1. The molecule has 0 aliphatic heterocycles. The number of aromatic nitrogens is 1. The smallest absolute Gasteiger partial charge is 0.291 e.